The van der Waals surface area contributed by atoms with Crippen LogP contribution in [-0.4, -0.2) is 6.54 Å². The molecule has 1 fully saturated rings. The van der Waals surface area contributed by atoms with Crippen LogP contribution in [0.25, 0.3) is 0 Å². The Kier molecular flexibility index (Phi) is 5.59. The zero-order valence-corrected chi connectivity index (χ0v) is 13.0. The van der Waals surface area contributed by atoms with Gasteiger partial charge in [0.05, 0.1) is 0 Å². The third-order valence-electron chi connectivity index (χ3n) is 4.90. The summed E-state index contributed by atoms with van der Waals surface area (Å²) in [6.07, 6.45) is 5.01. The number of halogens is 1. The first-order valence-electron chi connectivity index (χ1n) is 8.11. The first-order valence-corrected chi connectivity index (χ1v) is 8.11. The van der Waals surface area contributed by atoms with Crippen molar-refractivity contribution >= 4 is 0 Å². The molecule has 0 amide bonds. The van der Waals surface area contributed by atoms with E-state index >= 15 is 0 Å². The Morgan fingerprint density at radius 1 is 1.10 bits per heavy atom. The monoisotopic (exact) mass is 277 g/mol. The molecule has 1 aromatic carbocycles. The molecule has 0 aliphatic heterocycles. The van der Waals surface area contributed by atoms with E-state index in [1.807, 2.05) is 12.1 Å². The Morgan fingerprint density at radius 3 is 2.25 bits per heavy atom. The van der Waals surface area contributed by atoms with Gasteiger partial charge in [0.2, 0.25) is 0 Å². The Balaban J connectivity index is 2.09. The predicted molar refractivity (Wildman–Crippen MR) is 83.1 cm³/mol. The average molecular weight is 277 g/mol. The van der Waals surface area contributed by atoms with Gasteiger partial charge in [0.15, 0.2) is 0 Å². The molecule has 0 bridgehead atoms. The van der Waals surface area contributed by atoms with Crippen LogP contribution in [0.2, 0.25) is 0 Å². The van der Waals surface area contributed by atoms with Crippen molar-refractivity contribution in [2.45, 2.75) is 52.5 Å². The summed E-state index contributed by atoms with van der Waals surface area (Å²) in [7, 11) is 0. The minimum Gasteiger partial charge on any atom is -0.310 e. The quantitative estimate of drug-likeness (QED) is 0.804. The first-order chi connectivity index (χ1) is 9.63. The molecule has 0 saturated heterocycles. The van der Waals surface area contributed by atoms with E-state index in [1.54, 1.807) is 12.1 Å². The average Bonchev–Trinajstić information content (AvgIpc) is 2.46. The Hall–Kier alpha value is -0.890. The molecule has 2 rings (SSSR count). The van der Waals surface area contributed by atoms with Crippen LogP contribution in [0.3, 0.4) is 0 Å². The van der Waals surface area contributed by atoms with Crippen LogP contribution < -0.4 is 5.32 Å². The minimum atomic E-state index is -0.0653. The van der Waals surface area contributed by atoms with Gasteiger partial charge in [0, 0.05) is 11.6 Å². The molecule has 1 nitrogen and oxygen atoms in total. The van der Waals surface area contributed by atoms with Crippen LogP contribution in [0.15, 0.2) is 24.3 Å². The molecular formula is C18H28FN. The highest BCUT2D eigenvalue weighted by Crippen LogP contribution is 2.39. The second-order valence-corrected chi connectivity index (χ2v) is 6.48. The van der Waals surface area contributed by atoms with Crippen molar-refractivity contribution in [1.29, 1.82) is 0 Å². The van der Waals surface area contributed by atoms with Crippen molar-refractivity contribution in [2.24, 2.45) is 17.8 Å². The zero-order chi connectivity index (χ0) is 14.5. The van der Waals surface area contributed by atoms with Crippen LogP contribution in [0.4, 0.5) is 4.39 Å². The number of nitrogens with one attached hydrogen (secondary N) is 1. The first kappa shape index (κ1) is 15.5. The molecule has 0 radical (unpaired) electrons. The van der Waals surface area contributed by atoms with Crippen molar-refractivity contribution in [3.8, 4) is 0 Å². The maximum absolute atomic E-state index is 14.1. The van der Waals surface area contributed by atoms with Crippen molar-refractivity contribution in [3.05, 3.63) is 35.6 Å². The smallest absolute Gasteiger partial charge is 0.127 e. The molecule has 20 heavy (non-hydrogen) atoms. The number of benzene rings is 1. The van der Waals surface area contributed by atoms with Crippen molar-refractivity contribution < 1.29 is 4.39 Å². The maximum atomic E-state index is 14.1. The maximum Gasteiger partial charge on any atom is 0.127 e. The van der Waals surface area contributed by atoms with E-state index < -0.39 is 0 Å². The Morgan fingerprint density at radius 2 is 1.70 bits per heavy atom. The third kappa shape index (κ3) is 3.60. The van der Waals surface area contributed by atoms with Gasteiger partial charge < -0.3 is 5.32 Å². The number of hydrogen-bond acceptors (Lipinski definition) is 1. The van der Waals surface area contributed by atoms with E-state index in [4.69, 9.17) is 0 Å². The van der Waals surface area contributed by atoms with Crippen LogP contribution in [-0.2, 0) is 0 Å². The summed E-state index contributed by atoms with van der Waals surface area (Å²) in [5.41, 5.74) is 0.849. The molecule has 0 spiro atoms. The molecule has 1 aromatic rings. The lowest BCUT2D eigenvalue weighted by molar-refractivity contribution is 0.188. The van der Waals surface area contributed by atoms with Gasteiger partial charge in [-0.25, -0.2) is 4.39 Å². The molecular weight excluding hydrogens is 249 g/mol. The highest BCUT2D eigenvalue weighted by Gasteiger charge is 2.30. The van der Waals surface area contributed by atoms with Gasteiger partial charge in [-0.05, 0) is 56.0 Å². The zero-order valence-electron chi connectivity index (χ0n) is 13.0. The summed E-state index contributed by atoms with van der Waals surface area (Å²) >= 11 is 0. The highest BCUT2D eigenvalue weighted by molar-refractivity contribution is 5.22. The summed E-state index contributed by atoms with van der Waals surface area (Å²) in [4.78, 5) is 0. The molecule has 0 heterocycles. The van der Waals surface area contributed by atoms with Gasteiger partial charge in [-0.1, -0.05) is 39.0 Å². The number of hydrogen-bond donors (Lipinski definition) is 1. The van der Waals surface area contributed by atoms with E-state index in [-0.39, 0.29) is 11.9 Å². The van der Waals surface area contributed by atoms with Gasteiger partial charge in [-0.15, -0.1) is 0 Å². The van der Waals surface area contributed by atoms with Gasteiger partial charge in [-0.2, -0.15) is 0 Å². The largest absolute Gasteiger partial charge is 0.310 e. The van der Waals surface area contributed by atoms with Gasteiger partial charge in [0.25, 0.3) is 0 Å². The summed E-state index contributed by atoms with van der Waals surface area (Å²) in [5.74, 6) is 2.14. The van der Waals surface area contributed by atoms with E-state index in [1.165, 1.54) is 25.7 Å². The molecule has 1 aliphatic carbocycles. The van der Waals surface area contributed by atoms with Crippen LogP contribution in [0.1, 0.15) is 58.1 Å². The summed E-state index contributed by atoms with van der Waals surface area (Å²) < 4.78 is 14.1. The van der Waals surface area contributed by atoms with Crippen LogP contribution in [0.5, 0.6) is 0 Å². The second-order valence-electron chi connectivity index (χ2n) is 6.48. The normalized spacial score (nSPS) is 24.9. The lowest BCUT2D eigenvalue weighted by Gasteiger charge is -2.36. The summed E-state index contributed by atoms with van der Waals surface area (Å²) in [5, 5.41) is 3.51. The molecule has 1 saturated carbocycles. The SMILES string of the molecule is CCNC(c1ccccc1F)C1CCC(C(C)C)CC1. The highest BCUT2D eigenvalue weighted by atomic mass is 19.1. The van der Waals surface area contributed by atoms with Gasteiger partial charge >= 0.3 is 0 Å². The lowest BCUT2D eigenvalue weighted by Crippen LogP contribution is -2.32. The fourth-order valence-corrected chi connectivity index (χ4v) is 3.62. The minimum absolute atomic E-state index is 0.0653. The van der Waals surface area contributed by atoms with E-state index in [9.17, 15) is 4.39 Å². The molecule has 1 unspecified atom stereocenters. The second kappa shape index (κ2) is 7.21. The molecule has 1 N–H and O–H groups in total. The third-order valence-corrected chi connectivity index (χ3v) is 4.90. The molecule has 1 aliphatic rings. The van der Waals surface area contributed by atoms with E-state index in [2.05, 4.69) is 26.1 Å². The van der Waals surface area contributed by atoms with Crippen molar-refractivity contribution in [2.75, 3.05) is 6.54 Å². The van der Waals surface area contributed by atoms with Gasteiger partial charge in [0.1, 0.15) is 5.82 Å². The van der Waals surface area contributed by atoms with Crippen LogP contribution >= 0.6 is 0 Å². The number of rotatable bonds is 5. The Bertz CT molecular complexity index is 408. The molecule has 2 heteroatoms. The summed E-state index contributed by atoms with van der Waals surface area (Å²) in [6.45, 7) is 7.64. The fraction of sp³-hybridized carbons (Fsp3) is 0.667. The van der Waals surface area contributed by atoms with E-state index in [0.717, 1.165) is 23.9 Å². The van der Waals surface area contributed by atoms with E-state index in [0.29, 0.717) is 5.92 Å². The fourth-order valence-electron chi connectivity index (χ4n) is 3.62. The van der Waals surface area contributed by atoms with Crippen molar-refractivity contribution in [1.82, 2.24) is 5.32 Å². The Labute approximate surface area is 123 Å². The predicted octanol–water partition coefficient (Wildman–Crippen LogP) is 4.94. The van der Waals surface area contributed by atoms with Gasteiger partial charge in [-0.3, -0.25) is 0 Å². The topological polar surface area (TPSA) is 12.0 Å². The molecule has 0 aromatic heterocycles. The molecule has 112 valence electrons. The molecule has 1 atom stereocenters. The standard InChI is InChI=1S/C18H28FN/c1-4-20-18(16-7-5-6-8-17(16)19)15-11-9-14(10-12-15)13(2)3/h5-8,13-15,18,20H,4,9-12H2,1-3H3. The lowest BCUT2D eigenvalue weighted by atomic mass is 9.73. The van der Waals surface area contributed by atoms with Crippen molar-refractivity contribution in [3.63, 3.8) is 0 Å². The van der Waals surface area contributed by atoms with Crippen LogP contribution in [0, 0.1) is 23.6 Å². The summed E-state index contributed by atoms with van der Waals surface area (Å²) in [6, 6.07) is 7.42.